The summed E-state index contributed by atoms with van der Waals surface area (Å²) in [6.45, 7) is 15.9. The summed E-state index contributed by atoms with van der Waals surface area (Å²) in [6.07, 6.45) is 0. The molecular formula is C30H37NO3P2. The minimum Gasteiger partial charge on any atom is -0.631 e. The molecule has 1 unspecified atom stereocenters. The number of hydrogen-bond acceptors (Lipinski definition) is 4. The third-order valence-electron chi connectivity index (χ3n) is 6.14. The quantitative estimate of drug-likeness (QED) is 0.326. The fourth-order valence-electron chi connectivity index (χ4n) is 4.53. The van der Waals surface area contributed by atoms with Crippen LogP contribution in [0.4, 0.5) is 0 Å². The molecule has 1 aliphatic rings. The van der Waals surface area contributed by atoms with E-state index in [0.29, 0.717) is 13.2 Å². The van der Waals surface area contributed by atoms with Gasteiger partial charge in [-0.3, -0.25) is 4.74 Å². The van der Waals surface area contributed by atoms with E-state index in [2.05, 4.69) is 58.9 Å². The van der Waals surface area contributed by atoms with Crippen molar-refractivity contribution in [3.8, 4) is 0 Å². The van der Waals surface area contributed by atoms with Crippen molar-refractivity contribution in [1.82, 2.24) is 0 Å². The number of hydrogen-bond donors (Lipinski definition) is 0. The Morgan fingerprint density at radius 1 is 0.861 bits per heavy atom. The number of allylic oxidation sites excluding steroid dienone is 1. The fourth-order valence-corrected chi connectivity index (χ4v) is 11.7. The highest BCUT2D eigenvalue weighted by Gasteiger charge is 2.52. The summed E-state index contributed by atoms with van der Waals surface area (Å²) in [5.74, 6) is 0. The summed E-state index contributed by atoms with van der Waals surface area (Å²) in [5.41, 5.74) is -0.383. The molecule has 4 rings (SSSR count). The molecule has 0 aromatic heterocycles. The van der Waals surface area contributed by atoms with Gasteiger partial charge in [0.2, 0.25) is 7.94 Å². The highest BCUT2D eigenvalue weighted by Crippen LogP contribution is 2.75. The average Bonchev–Trinajstić information content (AvgIpc) is 2.86. The van der Waals surface area contributed by atoms with Crippen molar-refractivity contribution < 1.29 is 13.9 Å². The molecule has 1 atom stereocenters. The molecule has 0 bridgehead atoms. The summed E-state index contributed by atoms with van der Waals surface area (Å²) in [4.78, 5) is 14.6. The normalized spacial score (nSPS) is 18.3. The summed E-state index contributed by atoms with van der Waals surface area (Å²) in [6, 6.07) is 30.5. The summed E-state index contributed by atoms with van der Waals surface area (Å²) in [7, 11) is -6.29. The van der Waals surface area contributed by atoms with E-state index in [4.69, 9.17) is 20.4 Å². The number of rotatable bonds is 6. The lowest BCUT2D eigenvalue weighted by Gasteiger charge is -2.44. The lowest BCUT2D eigenvalue weighted by atomic mass is 9.97. The zero-order valence-corrected chi connectivity index (χ0v) is 23.7. The first-order valence-corrected chi connectivity index (χ1v) is 15.7. The molecule has 0 aliphatic carbocycles. The van der Waals surface area contributed by atoms with Crippen molar-refractivity contribution in [2.75, 3.05) is 13.2 Å². The van der Waals surface area contributed by atoms with Gasteiger partial charge in [-0.15, -0.1) is 0 Å². The second-order valence-electron chi connectivity index (χ2n) is 11.1. The van der Waals surface area contributed by atoms with Crippen LogP contribution in [-0.2, 0) is 9.05 Å². The van der Waals surface area contributed by atoms with Crippen LogP contribution in [0, 0.1) is 5.41 Å². The zero-order chi connectivity index (χ0) is 26.0. The van der Waals surface area contributed by atoms with Crippen molar-refractivity contribution in [3.05, 3.63) is 108 Å². The molecule has 1 fully saturated rings. The molecule has 4 nitrogen and oxygen atoms in total. The van der Waals surface area contributed by atoms with Crippen LogP contribution < -0.4 is 15.5 Å². The third-order valence-corrected chi connectivity index (χ3v) is 12.6. The van der Waals surface area contributed by atoms with Gasteiger partial charge in [0.15, 0.2) is 5.66 Å². The predicted molar refractivity (Wildman–Crippen MR) is 152 cm³/mol. The van der Waals surface area contributed by atoms with Gasteiger partial charge in [0.05, 0.1) is 12.6 Å². The van der Waals surface area contributed by atoms with E-state index in [1.54, 1.807) is 0 Å². The molecule has 36 heavy (non-hydrogen) atoms. The van der Waals surface area contributed by atoms with Crippen molar-refractivity contribution >= 4 is 25.6 Å². The van der Waals surface area contributed by atoms with E-state index in [1.807, 2.05) is 66.7 Å². The molecule has 0 N–H and O–H groups in total. The second kappa shape index (κ2) is 10.4. The van der Waals surface area contributed by atoms with Gasteiger partial charge in [-0.2, -0.15) is 0 Å². The Balaban J connectivity index is 2.03. The second-order valence-corrected chi connectivity index (χ2v) is 16.3. The number of nitrogens with zero attached hydrogens (tertiary/aromatic N) is 1. The first-order valence-electron chi connectivity index (χ1n) is 12.3. The number of benzene rings is 3. The van der Waals surface area contributed by atoms with Crippen LogP contribution in [0.1, 0.15) is 45.8 Å². The Kier molecular flexibility index (Phi) is 7.77. The van der Waals surface area contributed by atoms with Gasteiger partial charge in [0.1, 0.15) is 13.2 Å². The van der Waals surface area contributed by atoms with Crippen molar-refractivity contribution in [2.24, 2.45) is 10.2 Å². The molecule has 1 saturated heterocycles. The third kappa shape index (κ3) is 5.59. The van der Waals surface area contributed by atoms with Crippen LogP contribution in [0.15, 0.2) is 108 Å². The minimum atomic E-state index is -3.62. The molecule has 3 aromatic rings. The van der Waals surface area contributed by atoms with Crippen molar-refractivity contribution in [1.29, 1.82) is 0 Å². The Bertz CT molecular complexity index is 1180. The molecule has 0 amide bonds. The molecule has 0 saturated carbocycles. The summed E-state index contributed by atoms with van der Waals surface area (Å²) >= 11 is 0. The molecule has 0 spiro atoms. The van der Waals surface area contributed by atoms with Crippen molar-refractivity contribution in [2.45, 2.75) is 45.8 Å². The highest BCUT2D eigenvalue weighted by molar-refractivity contribution is 7.85. The molecule has 1 aliphatic heterocycles. The first-order chi connectivity index (χ1) is 17.0. The van der Waals surface area contributed by atoms with Gasteiger partial charge < -0.3 is 4.89 Å². The lowest BCUT2D eigenvalue weighted by molar-refractivity contribution is -0.235. The zero-order valence-electron chi connectivity index (χ0n) is 21.9. The molecule has 190 valence electrons. The molecule has 6 heteroatoms. The van der Waals surface area contributed by atoms with Crippen LogP contribution in [0.5, 0.6) is 0 Å². The van der Waals surface area contributed by atoms with Crippen LogP contribution in [0.2, 0.25) is 0 Å². The smallest absolute Gasteiger partial charge is 0.249 e. The largest absolute Gasteiger partial charge is 0.631 e. The topological polar surface area (TPSA) is 53.9 Å². The van der Waals surface area contributed by atoms with Gasteiger partial charge in [0.25, 0.3) is 0 Å². The van der Waals surface area contributed by atoms with E-state index in [0.717, 1.165) is 21.5 Å². The average molecular weight is 522 g/mol. The van der Waals surface area contributed by atoms with Crippen LogP contribution in [0.3, 0.4) is 0 Å². The Labute approximate surface area is 217 Å². The summed E-state index contributed by atoms with van der Waals surface area (Å²) < 4.78 is 17.9. The molecule has 0 radical (unpaired) electrons. The van der Waals surface area contributed by atoms with Gasteiger partial charge in [-0.1, -0.05) is 111 Å². The Morgan fingerprint density at radius 3 is 1.69 bits per heavy atom. The standard InChI is InChI=1S/C30H37NO3P2/c1-24(28(25-16-10-7-11-17-25)36(32)33-22-30(5,6)23-34-36)35(31-29(2,3)4,26-18-12-8-13-19-26)27-20-14-9-15-21-27/h7-21,28H,1,22-23H2,2-6H3. The maximum atomic E-state index is 14.6. The van der Waals surface area contributed by atoms with E-state index in [1.165, 1.54) is 0 Å². The maximum absolute atomic E-state index is 14.6. The lowest BCUT2D eigenvalue weighted by Crippen LogP contribution is -2.38. The van der Waals surface area contributed by atoms with Gasteiger partial charge >= 0.3 is 0 Å². The van der Waals surface area contributed by atoms with E-state index in [9.17, 15) is 4.89 Å². The predicted octanol–water partition coefficient (Wildman–Crippen LogP) is 7.09. The van der Waals surface area contributed by atoms with E-state index < -0.39 is 20.7 Å². The van der Waals surface area contributed by atoms with Crippen molar-refractivity contribution in [3.63, 3.8) is 0 Å². The highest BCUT2D eigenvalue weighted by atomic mass is 31.2. The van der Waals surface area contributed by atoms with Gasteiger partial charge in [0, 0.05) is 26.9 Å². The Hall–Kier alpha value is -2.06. The van der Waals surface area contributed by atoms with Gasteiger partial charge in [-0.05, 0) is 20.8 Å². The van der Waals surface area contributed by atoms with Gasteiger partial charge in [-0.25, -0.2) is 9.05 Å². The Morgan fingerprint density at radius 2 is 1.28 bits per heavy atom. The molecular weight excluding hydrogens is 484 g/mol. The van der Waals surface area contributed by atoms with E-state index >= 15 is 0 Å². The monoisotopic (exact) mass is 521 g/mol. The van der Waals surface area contributed by atoms with Crippen LogP contribution in [0.25, 0.3) is 0 Å². The van der Waals surface area contributed by atoms with Crippen LogP contribution in [-0.4, -0.2) is 18.8 Å². The maximum Gasteiger partial charge on any atom is 0.249 e. The molecule has 1 heterocycles. The van der Waals surface area contributed by atoms with E-state index in [-0.39, 0.29) is 11.0 Å². The summed E-state index contributed by atoms with van der Waals surface area (Å²) in [5, 5.41) is 2.92. The molecule has 3 aromatic carbocycles. The van der Waals surface area contributed by atoms with Crippen LogP contribution >= 0.6 is 15.0 Å². The SMILES string of the molecule is C=C(C(c1ccccc1)[P+]1([O-])OCC(C)(C)CO1)P(=NC(C)(C)C)(c1ccccc1)c1ccccc1. The fraction of sp³-hybridized carbons (Fsp3) is 0.333. The minimum absolute atomic E-state index is 0.211. The first kappa shape index (κ1) is 27.0.